The van der Waals surface area contributed by atoms with Gasteiger partial charge in [0, 0.05) is 17.0 Å². The van der Waals surface area contributed by atoms with Gasteiger partial charge in [-0.15, -0.1) is 0 Å². The number of aromatic nitrogens is 2. The molecule has 0 radical (unpaired) electrons. The van der Waals surface area contributed by atoms with Gasteiger partial charge in [0.1, 0.15) is 23.7 Å². The molecule has 9 nitrogen and oxygen atoms in total. The lowest BCUT2D eigenvalue weighted by Gasteiger charge is -2.28. The topological polar surface area (TPSA) is 116 Å². The maximum absolute atomic E-state index is 15.1. The van der Waals surface area contributed by atoms with Gasteiger partial charge in [-0.3, -0.25) is 4.79 Å². The number of methoxy groups -OCH3 is 1. The van der Waals surface area contributed by atoms with Crippen molar-refractivity contribution in [1.29, 1.82) is 0 Å². The van der Waals surface area contributed by atoms with Crippen LogP contribution in [-0.4, -0.2) is 54.6 Å². The van der Waals surface area contributed by atoms with Crippen molar-refractivity contribution in [2.45, 2.75) is 12.8 Å². The van der Waals surface area contributed by atoms with Gasteiger partial charge in [-0.05, 0) is 69.2 Å². The molecule has 3 heterocycles. The van der Waals surface area contributed by atoms with Gasteiger partial charge in [-0.2, -0.15) is 0 Å². The molecule has 0 aliphatic carbocycles. The van der Waals surface area contributed by atoms with Crippen LogP contribution < -0.4 is 20.5 Å². The van der Waals surface area contributed by atoms with E-state index in [0.29, 0.717) is 46.3 Å². The van der Waals surface area contributed by atoms with Crippen LogP contribution in [0.25, 0.3) is 22.2 Å². The number of halogens is 1. The fourth-order valence-corrected chi connectivity index (χ4v) is 4.48. The molecule has 4 aromatic rings. The molecule has 0 unspecified atom stereocenters. The number of carbonyl (C=O) groups is 1. The lowest BCUT2D eigenvalue weighted by Crippen LogP contribution is -2.32. The minimum absolute atomic E-state index is 0.183. The number of carbonyl (C=O) groups excluding carboxylic acids is 1. The molecule has 0 atom stereocenters. The average molecular weight is 506 g/mol. The van der Waals surface area contributed by atoms with Crippen LogP contribution in [0.1, 0.15) is 23.2 Å². The number of hydrogen-bond donors (Lipinski definition) is 2. The highest BCUT2D eigenvalue weighted by Gasteiger charge is 2.20. The van der Waals surface area contributed by atoms with E-state index in [-0.39, 0.29) is 17.0 Å². The van der Waals surface area contributed by atoms with Gasteiger partial charge >= 0.3 is 0 Å². The van der Waals surface area contributed by atoms with Gasteiger partial charge in [0.05, 0.1) is 36.7 Å². The minimum atomic E-state index is -0.651. The monoisotopic (exact) mass is 505 g/mol. The molecule has 1 amide bonds. The third-order valence-electron chi connectivity index (χ3n) is 6.65. The standard InChI is InChI=1S/C27H28FN5O4/c1-33-8-5-16(6-9-33)14-37-24-13-22-19(12-23(24)35-2)27(31-15-30-22)32-21-4-3-17(11-20(21)28)25-18(26(29)34)7-10-36-25/h3-4,7,10-13,15-16H,5-6,8-9,14H2,1-2H3,(H2,29,34)(H,30,31,32). The predicted octanol–water partition coefficient (Wildman–Crippen LogP) is 4.60. The van der Waals surface area contributed by atoms with Gasteiger partial charge in [0.25, 0.3) is 5.91 Å². The van der Waals surface area contributed by atoms with Gasteiger partial charge in [-0.25, -0.2) is 14.4 Å². The summed E-state index contributed by atoms with van der Waals surface area (Å²) in [4.78, 5) is 22.6. The highest BCUT2D eigenvalue weighted by Crippen LogP contribution is 2.36. The number of hydrogen-bond acceptors (Lipinski definition) is 8. The second-order valence-corrected chi connectivity index (χ2v) is 9.15. The number of nitrogens with two attached hydrogens (primary N) is 1. The van der Waals surface area contributed by atoms with Gasteiger partial charge < -0.3 is 29.8 Å². The molecular weight excluding hydrogens is 477 g/mol. The Hall–Kier alpha value is -4.18. The zero-order valence-electron chi connectivity index (χ0n) is 20.7. The summed E-state index contributed by atoms with van der Waals surface area (Å²) >= 11 is 0. The number of likely N-dealkylation sites (tertiary alicyclic amines) is 1. The molecule has 0 bridgehead atoms. The first-order chi connectivity index (χ1) is 17.9. The minimum Gasteiger partial charge on any atom is -0.493 e. The van der Waals surface area contributed by atoms with Crippen molar-refractivity contribution in [3.63, 3.8) is 0 Å². The van der Waals surface area contributed by atoms with Crippen molar-refractivity contribution in [3.8, 4) is 22.8 Å². The number of rotatable bonds is 8. The van der Waals surface area contributed by atoms with E-state index in [1.807, 2.05) is 6.07 Å². The molecule has 1 fully saturated rings. The number of furan rings is 1. The van der Waals surface area contributed by atoms with Crippen molar-refractivity contribution < 1.29 is 23.1 Å². The van der Waals surface area contributed by atoms with E-state index in [1.54, 1.807) is 25.3 Å². The van der Waals surface area contributed by atoms with Gasteiger partial charge in [0.2, 0.25) is 0 Å². The number of ether oxygens (including phenoxy) is 2. The van der Waals surface area contributed by atoms with E-state index in [9.17, 15) is 4.79 Å². The molecule has 2 aromatic heterocycles. The van der Waals surface area contributed by atoms with E-state index in [4.69, 9.17) is 19.6 Å². The zero-order valence-corrected chi connectivity index (χ0v) is 20.7. The van der Waals surface area contributed by atoms with Crippen LogP contribution in [-0.2, 0) is 0 Å². The maximum atomic E-state index is 15.1. The molecule has 10 heteroatoms. The quantitative estimate of drug-likeness (QED) is 0.357. The summed E-state index contributed by atoms with van der Waals surface area (Å²) in [6, 6.07) is 9.51. The first-order valence-corrected chi connectivity index (χ1v) is 12.0. The Labute approximate surface area is 213 Å². The van der Waals surface area contributed by atoms with Crippen molar-refractivity contribution in [3.05, 3.63) is 60.4 Å². The summed E-state index contributed by atoms with van der Waals surface area (Å²) < 4.78 is 32.1. The molecule has 0 saturated carbocycles. The second-order valence-electron chi connectivity index (χ2n) is 9.15. The summed E-state index contributed by atoms with van der Waals surface area (Å²) in [5, 5.41) is 3.68. The molecule has 37 heavy (non-hydrogen) atoms. The largest absolute Gasteiger partial charge is 0.493 e. The van der Waals surface area contributed by atoms with E-state index in [2.05, 4.69) is 27.2 Å². The number of fused-ring (bicyclic) bond motifs is 1. The Morgan fingerprint density at radius 3 is 2.73 bits per heavy atom. The van der Waals surface area contributed by atoms with Crippen LogP contribution in [0.5, 0.6) is 11.5 Å². The third-order valence-corrected chi connectivity index (χ3v) is 6.65. The molecule has 0 spiro atoms. The molecule has 1 aliphatic heterocycles. The highest BCUT2D eigenvalue weighted by molar-refractivity contribution is 5.98. The first-order valence-electron chi connectivity index (χ1n) is 12.0. The number of piperidine rings is 1. The van der Waals surface area contributed by atoms with Gasteiger partial charge in [-0.1, -0.05) is 0 Å². The van der Waals surface area contributed by atoms with Crippen LogP contribution in [0, 0.1) is 11.7 Å². The van der Waals surface area contributed by atoms with E-state index in [0.717, 1.165) is 25.9 Å². The summed E-state index contributed by atoms with van der Waals surface area (Å²) in [5.74, 6) is 1.06. The summed E-state index contributed by atoms with van der Waals surface area (Å²) in [7, 11) is 3.71. The number of amides is 1. The summed E-state index contributed by atoms with van der Waals surface area (Å²) in [6.45, 7) is 2.74. The molecule has 2 aromatic carbocycles. The Morgan fingerprint density at radius 2 is 2.00 bits per heavy atom. The lowest BCUT2D eigenvalue weighted by molar-refractivity contribution is 0.100. The number of primary amides is 1. The first kappa shape index (κ1) is 24.5. The van der Waals surface area contributed by atoms with E-state index >= 15 is 4.39 Å². The average Bonchev–Trinajstić information content (AvgIpc) is 3.40. The normalized spacial score (nSPS) is 14.6. The maximum Gasteiger partial charge on any atom is 0.252 e. The van der Waals surface area contributed by atoms with Crippen molar-refractivity contribution in [2.75, 3.05) is 39.2 Å². The number of nitrogens with zero attached hydrogens (tertiary/aromatic N) is 3. The Balaban J connectivity index is 1.39. The van der Waals surface area contributed by atoms with Crippen LogP contribution in [0.3, 0.4) is 0 Å². The Kier molecular flexibility index (Phi) is 6.91. The Morgan fingerprint density at radius 1 is 1.19 bits per heavy atom. The SMILES string of the molecule is COc1cc2c(Nc3ccc(-c4occc4C(N)=O)cc3F)ncnc2cc1OCC1CCN(C)CC1. The number of benzene rings is 2. The Bertz CT molecular complexity index is 1430. The molecular formula is C27H28FN5O4. The van der Waals surface area contributed by atoms with Crippen LogP contribution in [0.4, 0.5) is 15.9 Å². The number of anilines is 2. The highest BCUT2D eigenvalue weighted by atomic mass is 19.1. The van der Waals surface area contributed by atoms with Crippen LogP contribution in [0.15, 0.2) is 53.4 Å². The molecule has 1 aliphatic rings. The predicted molar refractivity (Wildman–Crippen MR) is 138 cm³/mol. The smallest absolute Gasteiger partial charge is 0.252 e. The fourth-order valence-electron chi connectivity index (χ4n) is 4.48. The summed E-state index contributed by atoms with van der Waals surface area (Å²) in [5.41, 5.74) is 6.78. The molecule has 3 N–H and O–H groups in total. The lowest BCUT2D eigenvalue weighted by atomic mass is 9.98. The fraction of sp³-hybridized carbons (Fsp3) is 0.296. The van der Waals surface area contributed by atoms with Gasteiger partial charge in [0.15, 0.2) is 11.5 Å². The van der Waals surface area contributed by atoms with Crippen molar-refractivity contribution >= 4 is 28.3 Å². The van der Waals surface area contributed by atoms with Crippen LogP contribution >= 0.6 is 0 Å². The molecule has 5 rings (SSSR count). The molecule has 1 saturated heterocycles. The number of nitrogens with one attached hydrogen (secondary N) is 1. The van der Waals surface area contributed by atoms with E-state index < -0.39 is 11.7 Å². The van der Waals surface area contributed by atoms with Crippen molar-refractivity contribution in [2.24, 2.45) is 11.7 Å². The second kappa shape index (κ2) is 10.4. The summed E-state index contributed by atoms with van der Waals surface area (Å²) in [6.07, 6.45) is 4.94. The molecule has 192 valence electrons. The van der Waals surface area contributed by atoms with E-state index in [1.165, 1.54) is 24.7 Å². The van der Waals surface area contributed by atoms with Crippen molar-refractivity contribution in [1.82, 2.24) is 14.9 Å². The van der Waals surface area contributed by atoms with Crippen LogP contribution in [0.2, 0.25) is 0 Å². The third kappa shape index (κ3) is 5.19. The zero-order chi connectivity index (χ0) is 25.9.